The second-order valence-corrected chi connectivity index (χ2v) is 8.73. The van der Waals surface area contributed by atoms with Crippen LogP contribution in [0.4, 0.5) is 5.13 Å². The molecule has 1 aliphatic heterocycles. The number of rotatable bonds is 6. The fraction of sp³-hybridized carbons (Fsp3) is 0.632. The molecule has 0 aliphatic carbocycles. The highest BCUT2D eigenvalue weighted by molar-refractivity contribution is 7.15. The Hall–Kier alpha value is -1.73. The van der Waals surface area contributed by atoms with Crippen molar-refractivity contribution in [3.05, 3.63) is 27.5 Å². The van der Waals surface area contributed by atoms with Crippen LogP contribution in [0.5, 0.6) is 0 Å². The van der Waals surface area contributed by atoms with E-state index in [4.69, 9.17) is 0 Å². The number of anilines is 1. The summed E-state index contributed by atoms with van der Waals surface area (Å²) in [6.45, 7) is 11.4. The van der Waals surface area contributed by atoms with E-state index < -0.39 is 0 Å². The Balaban J connectivity index is 1.59. The van der Waals surface area contributed by atoms with E-state index in [1.165, 1.54) is 16.1 Å². The third-order valence-corrected chi connectivity index (χ3v) is 5.84. The maximum Gasteiger partial charge on any atom is 0.226 e. The fourth-order valence-electron chi connectivity index (χ4n) is 3.42. The zero-order valence-electron chi connectivity index (χ0n) is 16.4. The number of hydrogen-bond donors (Lipinski definition) is 1. The standard InChI is InChI=1S/C19H29N5OS/c1-12(2)10-24-14(4)15(13(3)22-24)6-7-18(25)21-19-20-16-8-9-23(5)11-17(16)26-19/h12H,6-11H2,1-5H3,(H,20,21,25). The van der Waals surface area contributed by atoms with E-state index in [0.717, 1.165) is 49.0 Å². The minimum atomic E-state index is 0.0276. The molecule has 26 heavy (non-hydrogen) atoms. The summed E-state index contributed by atoms with van der Waals surface area (Å²) >= 11 is 1.61. The molecule has 2 aromatic heterocycles. The zero-order valence-corrected chi connectivity index (χ0v) is 17.2. The topological polar surface area (TPSA) is 63.1 Å². The van der Waals surface area contributed by atoms with Crippen LogP contribution in [-0.2, 0) is 30.7 Å². The van der Waals surface area contributed by atoms with Crippen LogP contribution in [0.2, 0.25) is 0 Å². The number of aromatic nitrogens is 3. The number of fused-ring (bicyclic) bond motifs is 1. The first kappa shape index (κ1) is 19.0. The van der Waals surface area contributed by atoms with Crippen molar-refractivity contribution in [3.8, 4) is 0 Å². The molecule has 6 nitrogen and oxygen atoms in total. The van der Waals surface area contributed by atoms with Crippen LogP contribution in [-0.4, -0.2) is 39.2 Å². The first-order valence-electron chi connectivity index (χ1n) is 9.33. The first-order chi connectivity index (χ1) is 12.3. The molecule has 2 aromatic rings. The van der Waals surface area contributed by atoms with Gasteiger partial charge in [0.25, 0.3) is 0 Å². The monoisotopic (exact) mass is 375 g/mol. The van der Waals surface area contributed by atoms with Crippen LogP contribution in [0.3, 0.4) is 0 Å². The number of amides is 1. The molecule has 142 valence electrons. The van der Waals surface area contributed by atoms with Crippen LogP contribution in [0.1, 0.15) is 47.8 Å². The highest BCUT2D eigenvalue weighted by Gasteiger charge is 2.19. The molecule has 1 amide bonds. The normalized spacial score (nSPS) is 14.7. The van der Waals surface area contributed by atoms with Gasteiger partial charge in [-0.3, -0.25) is 9.48 Å². The van der Waals surface area contributed by atoms with E-state index in [0.29, 0.717) is 12.3 Å². The lowest BCUT2D eigenvalue weighted by atomic mass is 10.1. The number of nitrogens with one attached hydrogen (secondary N) is 1. The predicted molar refractivity (Wildman–Crippen MR) is 106 cm³/mol. The average molecular weight is 376 g/mol. The molecule has 0 fully saturated rings. The van der Waals surface area contributed by atoms with Crippen LogP contribution >= 0.6 is 11.3 Å². The Morgan fingerprint density at radius 2 is 2.12 bits per heavy atom. The minimum Gasteiger partial charge on any atom is -0.302 e. The molecular weight excluding hydrogens is 346 g/mol. The predicted octanol–water partition coefficient (Wildman–Crippen LogP) is 3.17. The Kier molecular flexibility index (Phi) is 5.77. The van der Waals surface area contributed by atoms with Gasteiger partial charge >= 0.3 is 0 Å². The van der Waals surface area contributed by atoms with E-state index in [1.807, 2.05) is 6.92 Å². The van der Waals surface area contributed by atoms with Gasteiger partial charge in [-0.25, -0.2) is 4.98 Å². The molecule has 7 heteroatoms. The molecule has 0 bridgehead atoms. The summed E-state index contributed by atoms with van der Waals surface area (Å²) in [5.74, 6) is 0.582. The SMILES string of the molecule is Cc1nn(CC(C)C)c(C)c1CCC(=O)Nc1nc2c(s1)CN(C)CC2. The molecule has 0 radical (unpaired) electrons. The van der Waals surface area contributed by atoms with Gasteiger partial charge in [-0.1, -0.05) is 13.8 Å². The third-order valence-electron chi connectivity index (χ3n) is 4.84. The molecule has 3 heterocycles. The van der Waals surface area contributed by atoms with Gasteiger partial charge in [-0.05, 0) is 38.8 Å². The highest BCUT2D eigenvalue weighted by Crippen LogP contribution is 2.28. The number of nitrogens with zero attached hydrogens (tertiary/aromatic N) is 4. The molecule has 0 saturated carbocycles. The summed E-state index contributed by atoms with van der Waals surface area (Å²) in [7, 11) is 2.12. The average Bonchev–Trinajstić information content (AvgIpc) is 3.05. The van der Waals surface area contributed by atoms with Crippen molar-refractivity contribution in [2.45, 2.75) is 60.0 Å². The van der Waals surface area contributed by atoms with Gasteiger partial charge in [0.1, 0.15) is 0 Å². The van der Waals surface area contributed by atoms with Crippen molar-refractivity contribution in [1.82, 2.24) is 19.7 Å². The van der Waals surface area contributed by atoms with Gasteiger partial charge in [0.15, 0.2) is 5.13 Å². The molecule has 0 spiro atoms. The molecule has 0 aromatic carbocycles. The largest absolute Gasteiger partial charge is 0.302 e. The number of thiazole rings is 1. The molecule has 1 aliphatic rings. The first-order valence-corrected chi connectivity index (χ1v) is 10.1. The van der Waals surface area contributed by atoms with Crippen molar-refractivity contribution in [1.29, 1.82) is 0 Å². The number of carbonyl (C=O) groups excluding carboxylic acids is 1. The van der Waals surface area contributed by atoms with E-state index >= 15 is 0 Å². The fourth-order valence-corrected chi connectivity index (χ4v) is 4.52. The lowest BCUT2D eigenvalue weighted by Gasteiger charge is -2.20. The van der Waals surface area contributed by atoms with Crippen molar-refractivity contribution >= 4 is 22.4 Å². The summed E-state index contributed by atoms with van der Waals surface area (Å²) < 4.78 is 2.07. The smallest absolute Gasteiger partial charge is 0.226 e. The van der Waals surface area contributed by atoms with Crippen molar-refractivity contribution in [3.63, 3.8) is 0 Å². The molecule has 0 atom stereocenters. The Bertz CT molecular complexity index is 792. The molecular formula is C19H29N5OS. The Morgan fingerprint density at radius 3 is 2.85 bits per heavy atom. The summed E-state index contributed by atoms with van der Waals surface area (Å²) in [6.07, 6.45) is 2.14. The van der Waals surface area contributed by atoms with Gasteiger partial charge in [-0.15, -0.1) is 11.3 Å². The van der Waals surface area contributed by atoms with Gasteiger partial charge in [0, 0.05) is 43.0 Å². The van der Waals surface area contributed by atoms with E-state index in [1.54, 1.807) is 11.3 Å². The van der Waals surface area contributed by atoms with Crippen molar-refractivity contribution in [2.75, 3.05) is 18.9 Å². The summed E-state index contributed by atoms with van der Waals surface area (Å²) in [4.78, 5) is 20.5. The lowest BCUT2D eigenvalue weighted by Crippen LogP contribution is -2.25. The maximum absolute atomic E-state index is 12.4. The van der Waals surface area contributed by atoms with Crippen LogP contribution < -0.4 is 5.32 Å². The number of likely N-dealkylation sites (N-methyl/N-ethyl adjacent to an activating group) is 1. The maximum atomic E-state index is 12.4. The summed E-state index contributed by atoms with van der Waals surface area (Å²) in [5, 5.41) is 8.35. The summed E-state index contributed by atoms with van der Waals surface area (Å²) in [5.41, 5.74) is 4.55. The van der Waals surface area contributed by atoms with Crippen molar-refractivity contribution < 1.29 is 4.79 Å². The van der Waals surface area contributed by atoms with Gasteiger partial charge in [0.05, 0.1) is 11.4 Å². The third kappa shape index (κ3) is 4.32. The van der Waals surface area contributed by atoms with Crippen LogP contribution in [0.25, 0.3) is 0 Å². The van der Waals surface area contributed by atoms with Gasteiger partial charge in [0.2, 0.25) is 5.91 Å². The van der Waals surface area contributed by atoms with Gasteiger partial charge in [-0.2, -0.15) is 5.10 Å². The summed E-state index contributed by atoms with van der Waals surface area (Å²) in [6, 6.07) is 0. The van der Waals surface area contributed by atoms with E-state index in [2.05, 4.69) is 52.8 Å². The number of carbonyl (C=O) groups is 1. The second-order valence-electron chi connectivity index (χ2n) is 7.65. The van der Waals surface area contributed by atoms with Gasteiger partial charge < -0.3 is 10.2 Å². The molecule has 3 rings (SSSR count). The van der Waals surface area contributed by atoms with Crippen LogP contribution in [0, 0.1) is 19.8 Å². The zero-order chi connectivity index (χ0) is 18.8. The van der Waals surface area contributed by atoms with E-state index in [9.17, 15) is 4.79 Å². The van der Waals surface area contributed by atoms with Crippen LogP contribution in [0.15, 0.2) is 0 Å². The second kappa shape index (κ2) is 7.88. The number of hydrogen-bond acceptors (Lipinski definition) is 5. The Labute approximate surface area is 159 Å². The quantitative estimate of drug-likeness (QED) is 0.842. The highest BCUT2D eigenvalue weighted by atomic mass is 32.1. The minimum absolute atomic E-state index is 0.0276. The van der Waals surface area contributed by atoms with E-state index in [-0.39, 0.29) is 5.91 Å². The molecule has 0 unspecified atom stereocenters. The molecule has 1 N–H and O–H groups in total. The molecule has 0 saturated heterocycles. The lowest BCUT2D eigenvalue weighted by molar-refractivity contribution is -0.116. The Morgan fingerprint density at radius 1 is 1.35 bits per heavy atom. The van der Waals surface area contributed by atoms with Crippen molar-refractivity contribution in [2.24, 2.45) is 5.92 Å². The number of aryl methyl sites for hydroxylation is 1.